The minimum Gasteiger partial charge on any atom is -0.383 e. The van der Waals surface area contributed by atoms with Crippen molar-refractivity contribution in [2.45, 2.75) is 19.8 Å². The van der Waals surface area contributed by atoms with E-state index in [2.05, 4.69) is 49.5 Å². The zero-order valence-electron chi connectivity index (χ0n) is 11.5. The molecule has 0 amide bonds. The van der Waals surface area contributed by atoms with Gasteiger partial charge in [-0.05, 0) is 47.2 Å². The summed E-state index contributed by atoms with van der Waals surface area (Å²) in [6, 6.07) is 5.82. The first-order chi connectivity index (χ1) is 10.2. The Kier molecular flexibility index (Phi) is 3.96. The molecule has 3 aromatic rings. The summed E-state index contributed by atoms with van der Waals surface area (Å²) in [6.07, 6.45) is 5.28. The first-order valence-electron chi connectivity index (χ1n) is 6.72. The lowest BCUT2D eigenvalue weighted by molar-refractivity contribution is 0.869. The van der Waals surface area contributed by atoms with E-state index >= 15 is 0 Å². The van der Waals surface area contributed by atoms with E-state index in [-0.39, 0.29) is 0 Å². The number of fused-ring (bicyclic) bond motifs is 1. The number of nitrogens with zero attached hydrogens (tertiary/aromatic N) is 4. The number of aromatic nitrogens is 4. The molecule has 0 fully saturated rings. The number of nitrogens with two attached hydrogens (primary N) is 1. The van der Waals surface area contributed by atoms with Gasteiger partial charge in [0.15, 0.2) is 5.82 Å². The van der Waals surface area contributed by atoms with Gasteiger partial charge in [-0.2, -0.15) is 0 Å². The summed E-state index contributed by atoms with van der Waals surface area (Å²) in [5.41, 5.74) is 9.60. The molecule has 106 valence electrons. The maximum absolute atomic E-state index is 6.02. The Balaban J connectivity index is 2.13. The summed E-state index contributed by atoms with van der Waals surface area (Å²) in [7, 11) is 0. The molecule has 0 aliphatic heterocycles. The van der Waals surface area contributed by atoms with E-state index < -0.39 is 0 Å². The van der Waals surface area contributed by atoms with Gasteiger partial charge in [-0.25, -0.2) is 9.97 Å². The van der Waals surface area contributed by atoms with Crippen molar-refractivity contribution in [1.82, 2.24) is 19.9 Å². The molecule has 5 nitrogen and oxygen atoms in total. The van der Waals surface area contributed by atoms with Crippen molar-refractivity contribution in [3.05, 3.63) is 39.9 Å². The van der Waals surface area contributed by atoms with E-state index in [0.717, 1.165) is 38.7 Å². The Hall–Kier alpha value is -1.83. The van der Waals surface area contributed by atoms with E-state index in [1.54, 1.807) is 12.4 Å². The first kappa shape index (κ1) is 14.1. The highest BCUT2D eigenvalue weighted by molar-refractivity contribution is 14.1. The number of aryl methyl sites for hydroxylation is 1. The molecule has 0 atom stereocenters. The SMILES string of the molecule is CCCc1nc(-c2ccc3nccnc3c2)nc(N)c1I. The fourth-order valence-corrected chi connectivity index (χ4v) is 2.66. The molecule has 6 heteroatoms. The van der Waals surface area contributed by atoms with Gasteiger partial charge in [-0.15, -0.1) is 0 Å². The van der Waals surface area contributed by atoms with Crippen molar-refractivity contribution in [3.63, 3.8) is 0 Å². The minimum absolute atomic E-state index is 0.531. The van der Waals surface area contributed by atoms with Gasteiger partial charge in [-0.1, -0.05) is 13.3 Å². The maximum atomic E-state index is 6.02. The molecule has 0 spiro atoms. The molecule has 0 aliphatic carbocycles. The van der Waals surface area contributed by atoms with Crippen LogP contribution in [0.5, 0.6) is 0 Å². The monoisotopic (exact) mass is 391 g/mol. The van der Waals surface area contributed by atoms with Crippen molar-refractivity contribution < 1.29 is 0 Å². The van der Waals surface area contributed by atoms with Crippen LogP contribution in [0, 0.1) is 3.57 Å². The van der Waals surface area contributed by atoms with Crippen LogP contribution in [0.25, 0.3) is 22.4 Å². The third-order valence-electron chi connectivity index (χ3n) is 3.16. The summed E-state index contributed by atoms with van der Waals surface area (Å²) >= 11 is 2.21. The number of benzene rings is 1. The second kappa shape index (κ2) is 5.88. The standard InChI is InChI=1S/C15H14IN5/c1-2-3-11-13(16)14(17)21-15(20-11)9-4-5-10-12(8-9)19-7-6-18-10/h4-8H,2-3H2,1H3,(H2,17,20,21). The van der Waals surface area contributed by atoms with Crippen molar-refractivity contribution in [2.75, 3.05) is 5.73 Å². The Morgan fingerprint density at radius 2 is 1.86 bits per heavy atom. The molecule has 1 aromatic carbocycles. The highest BCUT2D eigenvalue weighted by Gasteiger charge is 2.11. The predicted octanol–water partition coefficient (Wildman–Crippen LogP) is 3.23. The van der Waals surface area contributed by atoms with Gasteiger partial charge in [-0.3, -0.25) is 9.97 Å². The molecule has 2 N–H and O–H groups in total. The second-order valence-electron chi connectivity index (χ2n) is 4.70. The van der Waals surface area contributed by atoms with Gasteiger partial charge in [0.25, 0.3) is 0 Å². The van der Waals surface area contributed by atoms with Crippen molar-refractivity contribution >= 4 is 39.4 Å². The normalized spacial score (nSPS) is 11.0. The summed E-state index contributed by atoms with van der Waals surface area (Å²) in [5.74, 6) is 1.17. The average Bonchev–Trinajstić information content (AvgIpc) is 2.51. The Morgan fingerprint density at radius 1 is 1.10 bits per heavy atom. The summed E-state index contributed by atoms with van der Waals surface area (Å²) in [6.45, 7) is 2.12. The highest BCUT2D eigenvalue weighted by Crippen LogP contribution is 2.24. The Bertz CT molecular complexity index is 803. The van der Waals surface area contributed by atoms with E-state index in [1.165, 1.54) is 0 Å². The maximum Gasteiger partial charge on any atom is 0.161 e. The number of nitrogen functional groups attached to an aromatic ring is 1. The molecule has 0 bridgehead atoms. The third-order valence-corrected chi connectivity index (χ3v) is 4.34. The van der Waals surface area contributed by atoms with Crippen LogP contribution in [0.15, 0.2) is 30.6 Å². The van der Waals surface area contributed by atoms with Crippen LogP contribution in [0.3, 0.4) is 0 Å². The van der Waals surface area contributed by atoms with Gasteiger partial charge in [0, 0.05) is 18.0 Å². The number of hydrogen-bond acceptors (Lipinski definition) is 5. The average molecular weight is 391 g/mol. The van der Waals surface area contributed by atoms with Gasteiger partial charge >= 0.3 is 0 Å². The molecule has 21 heavy (non-hydrogen) atoms. The summed E-state index contributed by atoms with van der Waals surface area (Å²) in [5, 5.41) is 0. The molecule has 2 aromatic heterocycles. The quantitative estimate of drug-likeness (QED) is 0.694. The molecular weight excluding hydrogens is 377 g/mol. The van der Waals surface area contributed by atoms with Crippen LogP contribution < -0.4 is 5.73 Å². The van der Waals surface area contributed by atoms with Crippen LogP contribution >= 0.6 is 22.6 Å². The third kappa shape index (κ3) is 2.80. The van der Waals surface area contributed by atoms with Gasteiger partial charge in [0.2, 0.25) is 0 Å². The molecule has 0 aliphatic rings. The molecule has 2 heterocycles. The van der Waals surface area contributed by atoms with Gasteiger partial charge in [0.05, 0.1) is 20.3 Å². The summed E-state index contributed by atoms with van der Waals surface area (Å²) in [4.78, 5) is 17.6. The minimum atomic E-state index is 0.531. The fraction of sp³-hybridized carbons (Fsp3) is 0.200. The topological polar surface area (TPSA) is 77.6 Å². The predicted molar refractivity (Wildman–Crippen MR) is 91.7 cm³/mol. The number of hydrogen-bond donors (Lipinski definition) is 1. The second-order valence-corrected chi connectivity index (χ2v) is 5.78. The Morgan fingerprint density at radius 3 is 2.62 bits per heavy atom. The van der Waals surface area contributed by atoms with E-state index in [1.807, 2.05) is 18.2 Å². The van der Waals surface area contributed by atoms with Crippen molar-refractivity contribution in [2.24, 2.45) is 0 Å². The highest BCUT2D eigenvalue weighted by atomic mass is 127. The van der Waals surface area contributed by atoms with Gasteiger partial charge in [0.1, 0.15) is 5.82 Å². The number of halogens is 1. The lowest BCUT2D eigenvalue weighted by Crippen LogP contribution is -2.05. The van der Waals surface area contributed by atoms with E-state index in [9.17, 15) is 0 Å². The van der Waals surface area contributed by atoms with Gasteiger partial charge < -0.3 is 5.73 Å². The van der Waals surface area contributed by atoms with Crippen LogP contribution in [0.2, 0.25) is 0 Å². The van der Waals surface area contributed by atoms with E-state index in [4.69, 9.17) is 5.73 Å². The molecular formula is C15H14IN5. The zero-order valence-corrected chi connectivity index (χ0v) is 13.7. The van der Waals surface area contributed by atoms with Crippen molar-refractivity contribution in [1.29, 1.82) is 0 Å². The number of rotatable bonds is 3. The smallest absolute Gasteiger partial charge is 0.161 e. The summed E-state index contributed by atoms with van der Waals surface area (Å²) < 4.78 is 0.943. The van der Waals surface area contributed by atoms with Crippen LogP contribution in [-0.2, 0) is 6.42 Å². The van der Waals surface area contributed by atoms with E-state index in [0.29, 0.717) is 11.6 Å². The Labute approximate surface area is 136 Å². The largest absolute Gasteiger partial charge is 0.383 e. The van der Waals surface area contributed by atoms with Crippen LogP contribution in [-0.4, -0.2) is 19.9 Å². The lowest BCUT2D eigenvalue weighted by Gasteiger charge is -2.08. The zero-order chi connectivity index (χ0) is 14.8. The lowest BCUT2D eigenvalue weighted by atomic mass is 10.1. The number of anilines is 1. The first-order valence-corrected chi connectivity index (χ1v) is 7.80. The van der Waals surface area contributed by atoms with Crippen molar-refractivity contribution in [3.8, 4) is 11.4 Å². The molecule has 0 saturated carbocycles. The molecule has 0 radical (unpaired) electrons. The van der Waals surface area contributed by atoms with Crippen LogP contribution in [0.1, 0.15) is 19.0 Å². The molecule has 0 unspecified atom stereocenters. The van der Waals surface area contributed by atoms with Crippen LogP contribution in [0.4, 0.5) is 5.82 Å². The molecule has 0 saturated heterocycles. The fourth-order valence-electron chi connectivity index (χ4n) is 2.15. The molecule has 3 rings (SSSR count).